The Balaban J connectivity index is 1.76. The van der Waals surface area contributed by atoms with Gasteiger partial charge in [0.25, 0.3) is 0 Å². The normalized spacial score (nSPS) is 10.2. The molecule has 0 heterocycles. The van der Waals surface area contributed by atoms with Gasteiger partial charge in [0.1, 0.15) is 5.75 Å². The number of aryl methyl sites for hydroxylation is 1. The third-order valence-corrected chi connectivity index (χ3v) is 2.86. The zero-order valence-electron chi connectivity index (χ0n) is 9.60. The van der Waals surface area contributed by atoms with Crippen molar-refractivity contribution in [2.24, 2.45) is 0 Å². The Bertz CT molecular complexity index is 453. The van der Waals surface area contributed by atoms with Crippen molar-refractivity contribution in [2.45, 2.75) is 12.8 Å². The zero-order chi connectivity index (χ0) is 11.9. The molecular formula is C15H15ClO. The predicted molar refractivity (Wildman–Crippen MR) is 71.7 cm³/mol. The van der Waals surface area contributed by atoms with Gasteiger partial charge in [0, 0.05) is 0 Å². The van der Waals surface area contributed by atoms with Crippen LogP contribution >= 0.6 is 11.6 Å². The Morgan fingerprint density at radius 3 is 2.35 bits per heavy atom. The Kier molecular flexibility index (Phi) is 4.45. The summed E-state index contributed by atoms with van der Waals surface area (Å²) in [7, 11) is 0. The van der Waals surface area contributed by atoms with E-state index < -0.39 is 0 Å². The maximum absolute atomic E-state index is 6.00. The van der Waals surface area contributed by atoms with Crippen LogP contribution in [-0.2, 0) is 6.42 Å². The van der Waals surface area contributed by atoms with Crippen LogP contribution in [0.25, 0.3) is 0 Å². The molecule has 0 saturated carbocycles. The lowest BCUT2D eigenvalue weighted by atomic mass is 10.1. The van der Waals surface area contributed by atoms with Gasteiger partial charge in [-0.2, -0.15) is 0 Å². The summed E-state index contributed by atoms with van der Waals surface area (Å²) in [4.78, 5) is 0. The van der Waals surface area contributed by atoms with E-state index in [9.17, 15) is 0 Å². The summed E-state index contributed by atoms with van der Waals surface area (Å²) in [5.41, 5.74) is 1.34. The first-order chi connectivity index (χ1) is 8.36. The SMILES string of the molecule is Clc1ccccc1OCCCc1ccccc1. The minimum absolute atomic E-state index is 0.673. The molecule has 0 aliphatic carbocycles. The number of hydrogen-bond acceptors (Lipinski definition) is 1. The number of para-hydroxylation sites is 1. The summed E-state index contributed by atoms with van der Waals surface area (Å²) in [6, 6.07) is 18.0. The lowest BCUT2D eigenvalue weighted by Crippen LogP contribution is -1.99. The molecule has 0 unspecified atom stereocenters. The first-order valence-electron chi connectivity index (χ1n) is 5.77. The highest BCUT2D eigenvalue weighted by atomic mass is 35.5. The van der Waals surface area contributed by atoms with Crippen LogP contribution in [0, 0.1) is 0 Å². The van der Waals surface area contributed by atoms with Gasteiger partial charge in [-0.3, -0.25) is 0 Å². The lowest BCUT2D eigenvalue weighted by molar-refractivity contribution is 0.311. The molecule has 2 aromatic carbocycles. The number of benzene rings is 2. The fraction of sp³-hybridized carbons (Fsp3) is 0.200. The summed E-state index contributed by atoms with van der Waals surface area (Å²) in [5, 5.41) is 0.673. The Morgan fingerprint density at radius 1 is 0.882 bits per heavy atom. The number of rotatable bonds is 5. The molecule has 0 amide bonds. The van der Waals surface area contributed by atoms with Crippen LogP contribution in [0.15, 0.2) is 54.6 Å². The molecular weight excluding hydrogens is 232 g/mol. The maximum Gasteiger partial charge on any atom is 0.137 e. The van der Waals surface area contributed by atoms with Gasteiger partial charge in [0.15, 0.2) is 0 Å². The monoisotopic (exact) mass is 246 g/mol. The topological polar surface area (TPSA) is 9.23 Å². The highest BCUT2D eigenvalue weighted by molar-refractivity contribution is 6.32. The molecule has 0 aliphatic heterocycles. The summed E-state index contributed by atoms with van der Waals surface area (Å²) in [6.07, 6.45) is 2.03. The predicted octanol–water partition coefficient (Wildman–Crippen LogP) is 4.35. The van der Waals surface area contributed by atoms with Crippen LogP contribution in [0.1, 0.15) is 12.0 Å². The van der Waals surface area contributed by atoms with Crippen LogP contribution in [0.2, 0.25) is 5.02 Å². The molecule has 0 spiro atoms. The van der Waals surface area contributed by atoms with Gasteiger partial charge in [-0.25, -0.2) is 0 Å². The van der Waals surface area contributed by atoms with Crippen molar-refractivity contribution in [2.75, 3.05) is 6.61 Å². The second kappa shape index (κ2) is 6.31. The van der Waals surface area contributed by atoms with Crippen molar-refractivity contribution < 1.29 is 4.74 Å². The van der Waals surface area contributed by atoms with E-state index in [-0.39, 0.29) is 0 Å². The Hall–Kier alpha value is -1.47. The van der Waals surface area contributed by atoms with Gasteiger partial charge in [0.2, 0.25) is 0 Å². The van der Waals surface area contributed by atoms with E-state index in [0.717, 1.165) is 18.6 Å². The molecule has 0 aliphatic rings. The first kappa shape index (κ1) is 12.0. The minimum atomic E-state index is 0.673. The van der Waals surface area contributed by atoms with Gasteiger partial charge >= 0.3 is 0 Å². The quantitative estimate of drug-likeness (QED) is 0.713. The van der Waals surface area contributed by atoms with E-state index in [1.165, 1.54) is 5.56 Å². The van der Waals surface area contributed by atoms with Crippen LogP contribution in [-0.4, -0.2) is 6.61 Å². The fourth-order valence-corrected chi connectivity index (χ4v) is 1.86. The van der Waals surface area contributed by atoms with Crippen molar-refractivity contribution in [3.8, 4) is 5.75 Å². The maximum atomic E-state index is 6.00. The summed E-state index contributed by atoms with van der Waals surface area (Å²) >= 11 is 6.00. The number of halogens is 1. The molecule has 0 saturated heterocycles. The van der Waals surface area contributed by atoms with E-state index in [2.05, 4.69) is 24.3 Å². The summed E-state index contributed by atoms with van der Waals surface area (Å²) in [6.45, 7) is 0.693. The largest absolute Gasteiger partial charge is 0.492 e. The highest BCUT2D eigenvalue weighted by Gasteiger charge is 1.99. The van der Waals surface area contributed by atoms with Crippen molar-refractivity contribution in [3.05, 3.63) is 65.2 Å². The molecule has 2 rings (SSSR count). The Morgan fingerprint density at radius 2 is 1.59 bits per heavy atom. The van der Waals surface area contributed by atoms with Gasteiger partial charge in [-0.1, -0.05) is 54.1 Å². The molecule has 0 fully saturated rings. The smallest absolute Gasteiger partial charge is 0.137 e. The highest BCUT2D eigenvalue weighted by Crippen LogP contribution is 2.23. The lowest BCUT2D eigenvalue weighted by Gasteiger charge is -2.07. The summed E-state index contributed by atoms with van der Waals surface area (Å²) in [5.74, 6) is 0.766. The van der Waals surface area contributed by atoms with Crippen LogP contribution in [0.3, 0.4) is 0 Å². The van der Waals surface area contributed by atoms with Crippen LogP contribution in [0.4, 0.5) is 0 Å². The molecule has 88 valence electrons. The molecule has 0 bridgehead atoms. The molecule has 1 nitrogen and oxygen atoms in total. The van der Waals surface area contributed by atoms with Gasteiger partial charge in [0.05, 0.1) is 11.6 Å². The molecule has 0 N–H and O–H groups in total. The van der Waals surface area contributed by atoms with Crippen LogP contribution in [0.5, 0.6) is 5.75 Å². The van der Waals surface area contributed by atoms with Crippen molar-refractivity contribution in [1.82, 2.24) is 0 Å². The van der Waals surface area contributed by atoms with Crippen molar-refractivity contribution in [3.63, 3.8) is 0 Å². The number of ether oxygens (including phenoxy) is 1. The van der Waals surface area contributed by atoms with Gasteiger partial charge in [-0.05, 0) is 30.5 Å². The average Bonchev–Trinajstić information content (AvgIpc) is 2.38. The molecule has 17 heavy (non-hydrogen) atoms. The van der Waals surface area contributed by atoms with E-state index in [1.54, 1.807) is 0 Å². The zero-order valence-corrected chi connectivity index (χ0v) is 10.4. The second-order valence-corrected chi connectivity index (χ2v) is 4.28. The van der Waals surface area contributed by atoms with Crippen molar-refractivity contribution in [1.29, 1.82) is 0 Å². The standard InChI is InChI=1S/C15H15ClO/c16-14-10-4-5-11-15(14)17-12-6-9-13-7-2-1-3-8-13/h1-5,7-8,10-11H,6,9,12H2. The second-order valence-electron chi connectivity index (χ2n) is 3.87. The van der Waals surface area contributed by atoms with Crippen LogP contribution < -0.4 is 4.74 Å². The first-order valence-corrected chi connectivity index (χ1v) is 6.15. The van der Waals surface area contributed by atoms with Gasteiger partial charge < -0.3 is 4.74 Å². The molecule has 2 heteroatoms. The van der Waals surface area contributed by atoms with Crippen molar-refractivity contribution >= 4 is 11.6 Å². The van der Waals surface area contributed by atoms with E-state index in [4.69, 9.17) is 16.3 Å². The van der Waals surface area contributed by atoms with Gasteiger partial charge in [-0.15, -0.1) is 0 Å². The molecule has 0 aromatic heterocycles. The molecule has 2 aromatic rings. The van der Waals surface area contributed by atoms with E-state index in [0.29, 0.717) is 11.6 Å². The minimum Gasteiger partial charge on any atom is -0.492 e. The van der Waals surface area contributed by atoms with E-state index in [1.807, 2.05) is 30.3 Å². The molecule has 0 radical (unpaired) electrons. The summed E-state index contributed by atoms with van der Waals surface area (Å²) < 4.78 is 5.63. The van der Waals surface area contributed by atoms with E-state index >= 15 is 0 Å². The third-order valence-electron chi connectivity index (χ3n) is 2.55. The third kappa shape index (κ3) is 3.79. The Labute approximate surface area is 107 Å². The fourth-order valence-electron chi connectivity index (χ4n) is 1.66. The molecule has 0 atom stereocenters. The number of hydrogen-bond donors (Lipinski definition) is 0. The average molecular weight is 247 g/mol.